The average molecular weight is 537 g/mol. The molecule has 4 aliphatic rings. The van der Waals surface area contributed by atoms with Gasteiger partial charge in [-0.1, -0.05) is 73.4 Å². The fourth-order valence-electron chi connectivity index (χ4n) is 5.84. The summed E-state index contributed by atoms with van der Waals surface area (Å²) in [7, 11) is 0. The molecule has 0 saturated heterocycles. The molecule has 0 radical (unpaired) electrons. The van der Waals surface area contributed by atoms with Gasteiger partial charge in [-0.15, -0.1) is 0 Å². The minimum atomic E-state index is -0.488. The molecule has 4 bridgehead atoms. The molecule has 0 aliphatic heterocycles. The molecule has 184 valence electrons. The third-order valence-electron chi connectivity index (χ3n) is 6.50. The van der Waals surface area contributed by atoms with E-state index in [1.807, 2.05) is 0 Å². The molecule has 0 spiro atoms. The number of hydrogen-bond donors (Lipinski definition) is 0. The second kappa shape index (κ2) is 9.49. The lowest BCUT2D eigenvalue weighted by Gasteiger charge is -2.68. The molecule has 0 aromatic carbocycles. The predicted molar refractivity (Wildman–Crippen MR) is 148 cm³/mol. The molecular weight excluding hydrogens is 505 g/mol. The Hall–Kier alpha value is -0.960. The van der Waals surface area contributed by atoms with E-state index in [2.05, 4.69) is 26.3 Å². The summed E-state index contributed by atoms with van der Waals surface area (Å²) >= 11 is 5.15. The second-order valence-corrected chi connectivity index (χ2v) is 16.2. The predicted octanol–water partition coefficient (Wildman–Crippen LogP) is 6.67. The molecule has 4 rings (SSSR count). The van der Waals surface area contributed by atoms with Crippen molar-refractivity contribution in [3.8, 4) is 0 Å². The molecule has 0 atom stereocenters. The Morgan fingerprint density at radius 1 is 0.441 bits per heavy atom. The average Bonchev–Trinajstić information content (AvgIpc) is 2.64. The van der Waals surface area contributed by atoms with Crippen LogP contribution in [0.3, 0.4) is 0 Å². The molecule has 0 unspecified atom stereocenters. The largest absolute Gasteiger partial charge is 0.282 e. The van der Waals surface area contributed by atoms with E-state index in [-0.39, 0.29) is 20.5 Å². The van der Waals surface area contributed by atoms with Crippen LogP contribution in [0.1, 0.15) is 66.2 Å². The topological polar surface area (TPSA) is 68.3 Å². The van der Waals surface area contributed by atoms with Crippen LogP contribution in [0.2, 0.25) is 0 Å². The molecule has 4 aliphatic carbocycles. The Labute approximate surface area is 219 Å². The van der Waals surface area contributed by atoms with E-state index < -0.39 is 19.0 Å². The molecule has 0 heterocycles. The summed E-state index contributed by atoms with van der Waals surface area (Å²) in [5.41, 5.74) is 1.89. The minimum Gasteiger partial charge on any atom is -0.282 e. The van der Waals surface area contributed by atoms with E-state index >= 15 is 0 Å². The van der Waals surface area contributed by atoms with Crippen LogP contribution in [0.5, 0.6) is 0 Å². The van der Waals surface area contributed by atoms with Crippen LogP contribution in [0.4, 0.5) is 0 Å². The Bertz CT molecular complexity index is 840. The maximum atomic E-state index is 12.9. The highest BCUT2D eigenvalue weighted by Gasteiger charge is 2.70. The summed E-state index contributed by atoms with van der Waals surface area (Å²) in [6.07, 6.45) is 4.00. The van der Waals surface area contributed by atoms with Gasteiger partial charge in [-0.2, -0.15) is 0 Å². The van der Waals surface area contributed by atoms with Gasteiger partial charge in [0, 0.05) is 19.0 Å². The van der Waals surface area contributed by atoms with Crippen molar-refractivity contribution in [2.75, 3.05) is 0 Å². The number of carbonyl (C=O) groups is 4. The number of thioether (sulfide) groups is 4. The van der Waals surface area contributed by atoms with Crippen molar-refractivity contribution in [2.45, 2.75) is 85.2 Å². The summed E-state index contributed by atoms with van der Waals surface area (Å²) in [5.74, 6) is 0. The first-order valence-electron chi connectivity index (χ1n) is 11.1. The van der Waals surface area contributed by atoms with Crippen molar-refractivity contribution in [3.05, 3.63) is 48.6 Å². The Morgan fingerprint density at radius 3 is 0.706 bits per heavy atom. The molecule has 34 heavy (non-hydrogen) atoms. The molecule has 0 N–H and O–H groups in total. The van der Waals surface area contributed by atoms with Gasteiger partial charge in [-0.3, -0.25) is 19.2 Å². The Kier molecular flexibility index (Phi) is 7.71. The number of rotatable bonds is 8. The van der Waals surface area contributed by atoms with Gasteiger partial charge in [0.15, 0.2) is 0 Å². The molecule has 4 saturated carbocycles. The normalized spacial score (nSPS) is 33.3. The first kappa shape index (κ1) is 27.6. The zero-order chi connectivity index (χ0) is 25.7. The first-order chi connectivity index (χ1) is 15.6. The molecule has 4 nitrogen and oxygen atoms in total. The van der Waals surface area contributed by atoms with Gasteiger partial charge in [0.2, 0.25) is 20.5 Å². The van der Waals surface area contributed by atoms with Gasteiger partial charge in [0.05, 0.1) is 0 Å². The van der Waals surface area contributed by atoms with Crippen LogP contribution in [-0.4, -0.2) is 39.4 Å². The van der Waals surface area contributed by atoms with Crippen molar-refractivity contribution in [3.63, 3.8) is 0 Å². The van der Waals surface area contributed by atoms with E-state index in [1.54, 1.807) is 27.7 Å². The van der Waals surface area contributed by atoms with Crippen LogP contribution in [-0.2, 0) is 19.2 Å². The number of hydrogen-bond acceptors (Lipinski definition) is 8. The molecule has 4 fully saturated rings. The fraction of sp³-hybridized carbons (Fsp3) is 0.538. The van der Waals surface area contributed by atoms with E-state index in [4.69, 9.17) is 0 Å². The quantitative estimate of drug-likeness (QED) is 0.319. The van der Waals surface area contributed by atoms with Crippen LogP contribution < -0.4 is 0 Å². The van der Waals surface area contributed by atoms with Gasteiger partial charge in [-0.25, -0.2) is 0 Å². The maximum absolute atomic E-state index is 12.9. The van der Waals surface area contributed by atoms with Crippen molar-refractivity contribution in [2.24, 2.45) is 0 Å². The third-order valence-corrected chi connectivity index (χ3v) is 12.1. The van der Waals surface area contributed by atoms with Gasteiger partial charge in [0.1, 0.15) is 0 Å². The van der Waals surface area contributed by atoms with Crippen molar-refractivity contribution in [1.82, 2.24) is 0 Å². The lowest BCUT2D eigenvalue weighted by molar-refractivity contribution is -0.108. The summed E-state index contributed by atoms with van der Waals surface area (Å²) in [6.45, 7) is 22.2. The van der Waals surface area contributed by atoms with Gasteiger partial charge in [0.25, 0.3) is 0 Å². The first-order valence-corrected chi connectivity index (χ1v) is 14.4. The van der Waals surface area contributed by atoms with Crippen molar-refractivity contribution >= 4 is 67.5 Å². The van der Waals surface area contributed by atoms with Crippen LogP contribution >= 0.6 is 47.0 Å². The zero-order valence-electron chi connectivity index (χ0n) is 20.3. The smallest absolute Gasteiger partial charge is 0.214 e. The highest BCUT2D eigenvalue weighted by Crippen LogP contribution is 2.74. The van der Waals surface area contributed by atoms with E-state index in [0.29, 0.717) is 60.8 Å². The molecule has 0 aromatic rings. The summed E-state index contributed by atoms with van der Waals surface area (Å²) < 4.78 is -1.95. The SMILES string of the molecule is C=C(C)C(=O)SC12CC3(SC(=O)C(=C)C)CC(SC(=O)C(=C)C)(C1)CC(SC(=O)C(=C)C)(C2)C3. The Balaban J connectivity index is 2.15. The summed E-state index contributed by atoms with van der Waals surface area (Å²) in [6, 6.07) is 0. The van der Waals surface area contributed by atoms with Crippen molar-refractivity contribution < 1.29 is 19.2 Å². The fourth-order valence-corrected chi connectivity index (χ4v) is 12.8. The van der Waals surface area contributed by atoms with Crippen LogP contribution in [0.15, 0.2) is 48.6 Å². The van der Waals surface area contributed by atoms with Gasteiger partial charge >= 0.3 is 0 Å². The summed E-state index contributed by atoms with van der Waals surface area (Å²) in [5, 5.41) is -0.311. The lowest BCUT2D eigenvalue weighted by atomic mass is 9.54. The third kappa shape index (κ3) is 5.55. The minimum absolute atomic E-state index is 0.0777. The van der Waals surface area contributed by atoms with E-state index in [9.17, 15) is 19.2 Å². The van der Waals surface area contributed by atoms with Crippen molar-refractivity contribution in [1.29, 1.82) is 0 Å². The van der Waals surface area contributed by atoms with Gasteiger partial charge in [-0.05, 0) is 88.5 Å². The monoisotopic (exact) mass is 536 g/mol. The summed E-state index contributed by atoms with van der Waals surface area (Å²) in [4.78, 5) is 51.7. The standard InChI is InChI=1S/C26H32O4S4/c1-15(2)19(27)31-23-9-24(32-20(28)16(3)4)12-25(10-23,33-21(29)17(5)6)14-26(11-23,13-24)34-22(30)18(7)8/h1,3,5,7,9-14H2,2,4,6,8H3. The van der Waals surface area contributed by atoms with Gasteiger partial charge < -0.3 is 0 Å². The molecule has 8 heteroatoms. The van der Waals surface area contributed by atoms with Crippen LogP contribution in [0.25, 0.3) is 0 Å². The second-order valence-electron chi connectivity index (χ2n) is 10.5. The number of carbonyl (C=O) groups excluding carboxylic acids is 4. The maximum Gasteiger partial charge on any atom is 0.214 e. The highest BCUT2D eigenvalue weighted by atomic mass is 32.2. The molecule has 0 amide bonds. The lowest BCUT2D eigenvalue weighted by Crippen LogP contribution is -2.68. The zero-order valence-corrected chi connectivity index (χ0v) is 23.6. The van der Waals surface area contributed by atoms with E-state index in [1.165, 1.54) is 47.0 Å². The highest BCUT2D eigenvalue weighted by molar-refractivity contribution is 8.18. The molecule has 0 aromatic heterocycles. The Morgan fingerprint density at radius 2 is 0.588 bits per heavy atom. The van der Waals surface area contributed by atoms with Crippen LogP contribution in [0, 0.1) is 0 Å². The molecular formula is C26H32O4S4. The van der Waals surface area contributed by atoms with E-state index in [0.717, 1.165) is 0 Å².